The summed E-state index contributed by atoms with van der Waals surface area (Å²) in [6.45, 7) is -0.229. The van der Waals surface area contributed by atoms with E-state index in [1.807, 2.05) is 0 Å². The molecule has 2 aromatic carbocycles. The summed E-state index contributed by atoms with van der Waals surface area (Å²) in [6, 6.07) is 7.09. The van der Waals surface area contributed by atoms with Gasteiger partial charge >= 0.3 is 5.97 Å². The Morgan fingerprint density at radius 1 is 1.20 bits per heavy atom. The zero-order valence-corrected chi connectivity index (χ0v) is 10.8. The summed E-state index contributed by atoms with van der Waals surface area (Å²) in [7, 11) is 0. The molecule has 104 valence electrons. The zero-order valence-electron chi connectivity index (χ0n) is 10.1. The van der Waals surface area contributed by atoms with Crippen LogP contribution in [0.5, 0.6) is 5.75 Å². The first kappa shape index (κ1) is 14.3. The summed E-state index contributed by atoms with van der Waals surface area (Å²) >= 11 is 5.76. The third-order valence-corrected chi connectivity index (χ3v) is 2.81. The van der Waals surface area contributed by atoms with Gasteiger partial charge in [0.2, 0.25) is 0 Å². The highest BCUT2D eigenvalue weighted by atomic mass is 35.5. The van der Waals surface area contributed by atoms with E-state index in [4.69, 9.17) is 21.4 Å². The normalized spacial score (nSPS) is 10.3. The molecule has 2 rings (SSSR count). The number of carboxylic acid groups (broad SMARTS) is 1. The summed E-state index contributed by atoms with van der Waals surface area (Å²) in [4.78, 5) is 11.0. The van der Waals surface area contributed by atoms with Crippen LogP contribution in [0, 0.1) is 11.6 Å². The van der Waals surface area contributed by atoms with E-state index >= 15 is 0 Å². The molecule has 0 aromatic heterocycles. The highest BCUT2D eigenvalue weighted by Crippen LogP contribution is 2.25. The number of rotatable bonds is 4. The van der Waals surface area contributed by atoms with Crippen molar-refractivity contribution in [2.75, 3.05) is 0 Å². The topological polar surface area (TPSA) is 46.5 Å². The Balaban J connectivity index is 2.22. The molecule has 1 N–H and O–H groups in total. The summed E-state index contributed by atoms with van der Waals surface area (Å²) in [6.07, 6.45) is 0. The standard InChI is InChI=1S/C14H9ClF2O3/c15-9-2-4-11(14(18)19)13(5-9)20-7-8-1-3-10(16)6-12(8)17/h1-6H,7H2,(H,18,19). The van der Waals surface area contributed by atoms with Gasteiger partial charge in [0.1, 0.15) is 29.6 Å². The summed E-state index contributed by atoms with van der Waals surface area (Å²) < 4.78 is 31.4. The number of hydrogen-bond acceptors (Lipinski definition) is 2. The van der Waals surface area contributed by atoms with Crippen LogP contribution in [0.2, 0.25) is 5.02 Å². The fourth-order valence-electron chi connectivity index (χ4n) is 1.59. The van der Waals surface area contributed by atoms with Crippen LogP contribution in [0.1, 0.15) is 15.9 Å². The number of carboxylic acids is 1. The number of carbonyl (C=O) groups is 1. The minimum absolute atomic E-state index is 0.0220. The fraction of sp³-hybridized carbons (Fsp3) is 0.0714. The van der Waals surface area contributed by atoms with Crippen molar-refractivity contribution in [2.45, 2.75) is 6.61 Å². The molecule has 0 aliphatic rings. The van der Waals surface area contributed by atoms with Gasteiger partial charge in [0.25, 0.3) is 0 Å². The smallest absolute Gasteiger partial charge is 0.339 e. The maximum absolute atomic E-state index is 13.4. The van der Waals surface area contributed by atoms with Gasteiger partial charge < -0.3 is 9.84 Å². The number of hydrogen-bond donors (Lipinski definition) is 1. The monoisotopic (exact) mass is 298 g/mol. The molecule has 0 aliphatic carbocycles. The number of benzene rings is 2. The molecule has 20 heavy (non-hydrogen) atoms. The first-order valence-corrected chi connectivity index (χ1v) is 5.95. The summed E-state index contributed by atoms with van der Waals surface area (Å²) in [5, 5.41) is 9.29. The van der Waals surface area contributed by atoms with Crippen LogP contribution in [0.15, 0.2) is 36.4 Å². The Kier molecular flexibility index (Phi) is 4.20. The van der Waals surface area contributed by atoms with Gasteiger partial charge in [0, 0.05) is 16.7 Å². The maximum Gasteiger partial charge on any atom is 0.339 e. The van der Waals surface area contributed by atoms with Gasteiger partial charge in [-0.15, -0.1) is 0 Å². The largest absolute Gasteiger partial charge is 0.488 e. The molecule has 3 nitrogen and oxygen atoms in total. The Bertz CT molecular complexity index is 659. The average molecular weight is 299 g/mol. The molecule has 0 heterocycles. The van der Waals surface area contributed by atoms with E-state index in [1.54, 1.807) is 0 Å². The molecule has 0 bridgehead atoms. The van der Waals surface area contributed by atoms with Crippen LogP contribution in [-0.4, -0.2) is 11.1 Å². The van der Waals surface area contributed by atoms with Crippen LogP contribution < -0.4 is 4.74 Å². The quantitative estimate of drug-likeness (QED) is 0.931. The van der Waals surface area contributed by atoms with E-state index in [1.165, 1.54) is 24.3 Å². The molecule has 0 saturated carbocycles. The second kappa shape index (κ2) is 5.88. The molecular formula is C14H9ClF2O3. The zero-order chi connectivity index (χ0) is 14.7. The van der Waals surface area contributed by atoms with Crippen molar-refractivity contribution in [3.05, 3.63) is 64.2 Å². The maximum atomic E-state index is 13.4. The van der Waals surface area contributed by atoms with Gasteiger partial charge in [-0.1, -0.05) is 11.6 Å². The minimum Gasteiger partial charge on any atom is -0.488 e. The number of halogens is 3. The fourth-order valence-corrected chi connectivity index (χ4v) is 1.75. The molecule has 0 saturated heterocycles. The number of ether oxygens (including phenoxy) is 1. The van der Waals surface area contributed by atoms with E-state index in [9.17, 15) is 13.6 Å². The summed E-state index contributed by atoms with van der Waals surface area (Å²) in [5.74, 6) is -2.62. The van der Waals surface area contributed by atoms with E-state index in [0.717, 1.165) is 12.1 Å². The highest BCUT2D eigenvalue weighted by molar-refractivity contribution is 6.30. The van der Waals surface area contributed by atoms with Crippen LogP contribution >= 0.6 is 11.6 Å². The van der Waals surface area contributed by atoms with Crippen LogP contribution in [-0.2, 0) is 6.61 Å². The molecule has 0 spiro atoms. The van der Waals surface area contributed by atoms with Crippen molar-refractivity contribution >= 4 is 17.6 Å². The molecule has 0 fully saturated rings. The second-order valence-electron chi connectivity index (χ2n) is 3.97. The SMILES string of the molecule is O=C(O)c1ccc(Cl)cc1OCc1ccc(F)cc1F. The molecule has 0 unspecified atom stereocenters. The lowest BCUT2D eigenvalue weighted by atomic mass is 10.2. The second-order valence-corrected chi connectivity index (χ2v) is 4.41. The van der Waals surface area contributed by atoms with Crippen molar-refractivity contribution in [1.29, 1.82) is 0 Å². The predicted octanol–water partition coefficient (Wildman–Crippen LogP) is 3.90. The van der Waals surface area contributed by atoms with Crippen molar-refractivity contribution in [1.82, 2.24) is 0 Å². The Hall–Kier alpha value is -2.14. The van der Waals surface area contributed by atoms with E-state index < -0.39 is 17.6 Å². The van der Waals surface area contributed by atoms with Gasteiger partial charge in [-0.25, -0.2) is 13.6 Å². The van der Waals surface area contributed by atoms with Gasteiger partial charge in [0.15, 0.2) is 0 Å². The van der Waals surface area contributed by atoms with E-state index in [-0.39, 0.29) is 23.5 Å². The van der Waals surface area contributed by atoms with Gasteiger partial charge in [0.05, 0.1) is 0 Å². The lowest BCUT2D eigenvalue weighted by Gasteiger charge is -2.10. The van der Waals surface area contributed by atoms with E-state index in [2.05, 4.69) is 0 Å². The predicted molar refractivity (Wildman–Crippen MR) is 69.1 cm³/mol. The van der Waals surface area contributed by atoms with Crippen molar-refractivity contribution in [3.63, 3.8) is 0 Å². The minimum atomic E-state index is -1.18. The van der Waals surface area contributed by atoms with Gasteiger partial charge in [-0.2, -0.15) is 0 Å². The lowest BCUT2D eigenvalue weighted by molar-refractivity contribution is 0.0692. The average Bonchev–Trinajstić information content (AvgIpc) is 2.37. The number of aromatic carboxylic acids is 1. The first-order chi connectivity index (χ1) is 9.47. The van der Waals surface area contributed by atoms with Crippen molar-refractivity contribution in [3.8, 4) is 5.75 Å². The van der Waals surface area contributed by atoms with Crippen LogP contribution in [0.3, 0.4) is 0 Å². The third-order valence-electron chi connectivity index (χ3n) is 2.57. The van der Waals surface area contributed by atoms with E-state index in [0.29, 0.717) is 5.02 Å². The lowest BCUT2D eigenvalue weighted by Crippen LogP contribution is -2.04. The molecule has 0 atom stereocenters. The molecule has 0 aliphatic heterocycles. The first-order valence-electron chi connectivity index (χ1n) is 5.57. The highest BCUT2D eigenvalue weighted by Gasteiger charge is 2.13. The molecule has 2 aromatic rings. The Morgan fingerprint density at radius 2 is 1.95 bits per heavy atom. The van der Waals surface area contributed by atoms with Crippen molar-refractivity contribution < 1.29 is 23.4 Å². The molecule has 6 heteroatoms. The van der Waals surface area contributed by atoms with Crippen molar-refractivity contribution in [2.24, 2.45) is 0 Å². The van der Waals surface area contributed by atoms with Crippen LogP contribution in [0.25, 0.3) is 0 Å². The van der Waals surface area contributed by atoms with Gasteiger partial charge in [-0.3, -0.25) is 0 Å². The molecular weight excluding hydrogens is 290 g/mol. The molecule has 0 amide bonds. The molecule has 0 radical (unpaired) electrons. The Morgan fingerprint density at radius 3 is 2.60 bits per heavy atom. The van der Waals surface area contributed by atoms with Gasteiger partial charge in [-0.05, 0) is 30.3 Å². The Labute approximate surface area is 118 Å². The summed E-state index contributed by atoms with van der Waals surface area (Å²) in [5.41, 5.74) is 0.0274. The van der Waals surface area contributed by atoms with Crippen LogP contribution in [0.4, 0.5) is 8.78 Å². The third kappa shape index (κ3) is 3.24.